The highest BCUT2D eigenvalue weighted by atomic mass is 28.2. The molecule has 0 amide bonds. The molecule has 2 unspecified atom stereocenters. The van der Waals surface area contributed by atoms with Gasteiger partial charge in [-0.25, -0.2) is 0 Å². The van der Waals surface area contributed by atoms with E-state index in [1.807, 2.05) is 32.0 Å². The minimum absolute atomic E-state index is 0.151. The van der Waals surface area contributed by atoms with E-state index in [4.69, 9.17) is 13.9 Å². The molecule has 3 nitrogen and oxygen atoms in total. The van der Waals surface area contributed by atoms with Crippen molar-refractivity contribution in [2.45, 2.75) is 32.8 Å². The Bertz CT molecular complexity index is 279. The van der Waals surface area contributed by atoms with Crippen LogP contribution in [0.5, 0.6) is 0 Å². The second-order valence-corrected chi connectivity index (χ2v) is 5.01. The molecule has 2 atom stereocenters. The number of rotatable bonds is 7. The van der Waals surface area contributed by atoms with Crippen molar-refractivity contribution in [1.29, 1.82) is 0 Å². The summed E-state index contributed by atoms with van der Waals surface area (Å²) >= 11 is 0. The lowest BCUT2D eigenvalue weighted by Crippen LogP contribution is -2.29. The van der Waals surface area contributed by atoms with Crippen LogP contribution in [0.2, 0.25) is 0 Å². The Morgan fingerprint density at radius 1 is 1.25 bits per heavy atom. The van der Waals surface area contributed by atoms with Crippen LogP contribution in [0.15, 0.2) is 30.3 Å². The Morgan fingerprint density at radius 3 is 2.50 bits per heavy atom. The van der Waals surface area contributed by atoms with Gasteiger partial charge in [0.1, 0.15) is 6.29 Å². The van der Waals surface area contributed by atoms with Crippen molar-refractivity contribution in [3.05, 3.63) is 30.3 Å². The normalized spacial score (nSPS) is 15.4. The average molecular weight is 240 g/mol. The summed E-state index contributed by atoms with van der Waals surface area (Å²) in [6.45, 7) is 3.92. The van der Waals surface area contributed by atoms with Crippen LogP contribution in [-0.4, -0.2) is 29.5 Å². The van der Waals surface area contributed by atoms with Crippen LogP contribution in [0, 0.1) is 0 Å². The van der Waals surface area contributed by atoms with Crippen LogP contribution in [0.1, 0.15) is 20.3 Å². The van der Waals surface area contributed by atoms with Gasteiger partial charge in [-0.3, -0.25) is 0 Å². The van der Waals surface area contributed by atoms with Crippen LogP contribution in [-0.2, 0) is 13.9 Å². The number of ether oxygens (including phenoxy) is 2. The van der Waals surface area contributed by atoms with Gasteiger partial charge in [0.2, 0.25) is 0 Å². The van der Waals surface area contributed by atoms with Crippen molar-refractivity contribution in [3.63, 3.8) is 0 Å². The zero-order chi connectivity index (χ0) is 11.8. The standard InChI is InChI=1S/C12H20O3Si/c1-4-12(14-10(2)13-3)15-16-11-8-6-5-7-9-11/h5-10,12H,4,16H2,1-3H3. The number of methoxy groups -OCH3 is 1. The van der Waals surface area contributed by atoms with Gasteiger partial charge < -0.3 is 13.9 Å². The van der Waals surface area contributed by atoms with Crippen molar-refractivity contribution in [3.8, 4) is 0 Å². The maximum atomic E-state index is 5.79. The first-order chi connectivity index (χ1) is 7.76. The highest BCUT2D eigenvalue weighted by Crippen LogP contribution is 2.04. The van der Waals surface area contributed by atoms with E-state index in [1.54, 1.807) is 7.11 Å². The molecule has 0 aromatic heterocycles. The molecule has 0 saturated carbocycles. The van der Waals surface area contributed by atoms with E-state index in [0.29, 0.717) is 0 Å². The lowest BCUT2D eigenvalue weighted by molar-refractivity contribution is -0.200. The zero-order valence-electron chi connectivity index (χ0n) is 10.2. The Hall–Kier alpha value is -0.683. The first-order valence-electron chi connectivity index (χ1n) is 5.60. The molecule has 1 aromatic rings. The van der Waals surface area contributed by atoms with Gasteiger partial charge in [-0.1, -0.05) is 37.3 Å². The van der Waals surface area contributed by atoms with Crippen molar-refractivity contribution in [2.24, 2.45) is 0 Å². The molecule has 1 rings (SSSR count). The van der Waals surface area contributed by atoms with E-state index in [9.17, 15) is 0 Å². The number of hydrogen-bond donors (Lipinski definition) is 0. The summed E-state index contributed by atoms with van der Waals surface area (Å²) in [6.07, 6.45) is 0.476. The van der Waals surface area contributed by atoms with Crippen LogP contribution < -0.4 is 5.19 Å². The van der Waals surface area contributed by atoms with Crippen LogP contribution >= 0.6 is 0 Å². The molecule has 0 radical (unpaired) electrons. The second kappa shape index (κ2) is 7.57. The number of benzene rings is 1. The van der Waals surface area contributed by atoms with Crippen molar-refractivity contribution in [1.82, 2.24) is 0 Å². The quantitative estimate of drug-likeness (QED) is 0.529. The van der Waals surface area contributed by atoms with Crippen LogP contribution in [0.25, 0.3) is 0 Å². The molecular weight excluding hydrogens is 220 g/mol. The lowest BCUT2D eigenvalue weighted by atomic mass is 10.4. The van der Waals surface area contributed by atoms with E-state index in [2.05, 4.69) is 12.1 Å². The Balaban J connectivity index is 2.34. The van der Waals surface area contributed by atoms with Gasteiger partial charge in [-0.2, -0.15) is 0 Å². The largest absolute Gasteiger partial charge is 0.394 e. The molecule has 0 heterocycles. The molecule has 0 spiro atoms. The third-order valence-corrected chi connectivity index (χ3v) is 3.63. The molecule has 4 heteroatoms. The molecule has 16 heavy (non-hydrogen) atoms. The fourth-order valence-corrected chi connectivity index (χ4v) is 2.44. The molecule has 0 N–H and O–H groups in total. The lowest BCUT2D eigenvalue weighted by Gasteiger charge is -2.20. The van der Waals surface area contributed by atoms with Crippen molar-refractivity contribution >= 4 is 14.9 Å². The summed E-state index contributed by atoms with van der Waals surface area (Å²) in [5.74, 6) is 0. The SMILES string of the molecule is CCC(O[SiH2]c1ccccc1)OC(C)OC. The fraction of sp³-hybridized carbons (Fsp3) is 0.500. The summed E-state index contributed by atoms with van der Waals surface area (Å²) < 4.78 is 16.4. The molecule has 0 aliphatic carbocycles. The molecule has 1 aromatic carbocycles. The molecule has 0 aliphatic rings. The smallest absolute Gasteiger partial charge is 0.195 e. The van der Waals surface area contributed by atoms with Gasteiger partial charge in [-0.05, 0) is 18.5 Å². The maximum Gasteiger partial charge on any atom is 0.195 e. The maximum absolute atomic E-state index is 5.79. The molecule has 0 fully saturated rings. The van der Waals surface area contributed by atoms with Gasteiger partial charge in [0, 0.05) is 7.11 Å². The summed E-state index contributed by atoms with van der Waals surface area (Å²) in [5, 5.41) is 1.29. The van der Waals surface area contributed by atoms with Crippen LogP contribution in [0.4, 0.5) is 0 Å². The predicted octanol–water partition coefficient (Wildman–Crippen LogP) is 1.16. The van der Waals surface area contributed by atoms with E-state index in [0.717, 1.165) is 6.42 Å². The summed E-state index contributed by atoms with van der Waals surface area (Å²) in [6, 6.07) is 10.3. The predicted molar refractivity (Wildman–Crippen MR) is 67.3 cm³/mol. The number of hydrogen-bond acceptors (Lipinski definition) is 3. The summed E-state index contributed by atoms with van der Waals surface area (Å²) in [5.41, 5.74) is 0. The molecular formula is C12H20O3Si. The minimum atomic E-state index is -0.701. The summed E-state index contributed by atoms with van der Waals surface area (Å²) in [7, 11) is 0.930. The third kappa shape index (κ3) is 4.89. The minimum Gasteiger partial charge on any atom is -0.394 e. The van der Waals surface area contributed by atoms with E-state index >= 15 is 0 Å². The van der Waals surface area contributed by atoms with E-state index in [-0.39, 0.29) is 12.6 Å². The Kier molecular flexibility index (Phi) is 6.33. The highest BCUT2D eigenvalue weighted by Gasteiger charge is 2.11. The summed E-state index contributed by atoms with van der Waals surface area (Å²) in [4.78, 5) is 0. The monoisotopic (exact) mass is 240 g/mol. The van der Waals surface area contributed by atoms with Gasteiger partial charge in [0.05, 0.1) is 0 Å². The highest BCUT2D eigenvalue weighted by molar-refractivity contribution is 6.46. The first kappa shape index (κ1) is 13.4. The van der Waals surface area contributed by atoms with Gasteiger partial charge >= 0.3 is 0 Å². The molecule has 0 saturated heterocycles. The van der Waals surface area contributed by atoms with E-state index < -0.39 is 9.76 Å². The molecule has 90 valence electrons. The first-order valence-corrected chi connectivity index (χ1v) is 6.88. The van der Waals surface area contributed by atoms with Crippen LogP contribution in [0.3, 0.4) is 0 Å². The average Bonchev–Trinajstić information content (AvgIpc) is 2.35. The fourth-order valence-electron chi connectivity index (χ4n) is 1.29. The van der Waals surface area contributed by atoms with Gasteiger partial charge in [0.25, 0.3) is 0 Å². The van der Waals surface area contributed by atoms with E-state index in [1.165, 1.54) is 5.19 Å². The Labute approximate surface area is 99.7 Å². The van der Waals surface area contributed by atoms with Gasteiger partial charge in [0.15, 0.2) is 16.1 Å². The second-order valence-electron chi connectivity index (χ2n) is 3.57. The van der Waals surface area contributed by atoms with Crippen molar-refractivity contribution < 1.29 is 13.9 Å². The zero-order valence-corrected chi connectivity index (χ0v) is 11.6. The van der Waals surface area contributed by atoms with Crippen molar-refractivity contribution in [2.75, 3.05) is 7.11 Å². The molecule has 0 bridgehead atoms. The topological polar surface area (TPSA) is 27.7 Å². The van der Waals surface area contributed by atoms with Gasteiger partial charge in [-0.15, -0.1) is 0 Å². The Morgan fingerprint density at radius 2 is 1.94 bits per heavy atom. The molecule has 0 aliphatic heterocycles. The third-order valence-electron chi connectivity index (χ3n) is 2.29.